The lowest BCUT2D eigenvalue weighted by molar-refractivity contribution is 0.323. The number of imidazole rings is 1. The third kappa shape index (κ3) is 4.41. The Morgan fingerprint density at radius 1 is 0.833 bits per heavy atom. The lowest BCUT2D eigenvalue weighted by Gasteiger charge is -2.18. The van der Waals surface area contributed by atoms with Crippen molar-refractivity contribution in [1.29, 1.82) is 0 Å². The second kappa shape index (κ2) is 10.4. The summed E-state index contributed by atoms with van der Waals surface area (Å²) in [6, 6.07) is 18.7. The van der Waals surface area contributed by atoms with Gasteiger partial charge in [-0.3, -0.25) is 0 Å². The highest BCUT2D eigenvalue weighted by Gasteiger charge is 2.20. The summed E-state index contributed by atoms with van der Waals surface area (Å²) < 4.78 is 25.0. The molecule has 1 fully saturated rings. The average molecular weight is 488 g/mol. The molecule has 0 atom stereocenters. The van der Waals surface area contributed by atoms with Crippen molar-refractivity contribution in [2.24, 2.45) is 0 Å². The molecule has 4 aromatic rings. The second-order valence-electron chi connectivity index (χ2n) is 8.85. The fourth-order valence-electron chi connectivity index (χ4n) is 5.00. The Hall–Kier alpha value is -3.87. The second-order valence-corrected chi connectivity index (χ2v) is 8.85. The smallest absolute Gasteiger partial charge is 0.203 e. The van der Waals surface area contributed by atoms with Gasteiger partial charge in [0.1, 0.15) is 11.6 Å². The van der Waals surface area contributed by atoms with Gasteiger partial charge in [-0.25, -0.2) is 4.98 Å². The number of rotatable bonds is 9. The van der Waals surface area contributed by atoms with Crippen LogP contribution in [0.3, 0.4) is 0 Å². The molecule has 1 aromatic heterocycles. The number of aromatic nitrogens is 2. The van der Waals surface area contributed by atoms with Gasteiger partial charge in [0, 0.05) is 25.3 Å². The van der Waals surface area contributed by atoms with Gasteiger partial charge in [0.2, 0.25) is 5.75 Å². The molecule has 0 amide bonds. The molecule has 36 heavy (non-hydrogen) atoms. The maximum absolute atomic E-state index is 5.98. The zero-order chi connectivity index (χ0) is 25.1. The van der Waals surface area contributed by atoms with Crippen molar-refractivity contribution in [3.63, 3.8) is 0 Å². The number of ether oxygens (including phenoxy) is 4. The zero-order valence-corrected chi connectivity index (χ0v) is 21.4. The Labute approximate surface area is 212 Å². The molecule has 188 valence electrons. The van der Waals surface area contributed by atoms with Crippen LogP contribution in [0.25, 0.3) is 22.4 Å². The van der Waals surface area contributed by atoms with E-state index in [1.807, 2.05) is 37.3 Å². The topological polar surface area (TPSA) is 58.0 Å². The van der Waals surface area contributed by atoms with Gasteiger partial charge in [-0.2, -0.15) is 0 Å². The van der Waals surface area contributed by atoms with Crippen molar-refractivity contribution in [3.8, 4) is 34.4 Å². The molecule has 7 nitrogen and oxygen atoms in total. The fraction of sp³-hybridized carbons (Fsp3) is 0.345. The van der Waals surface area contributed by atoms with Crippen molar-refractivity contribution in [2.75, 3.05) is 45.9 Å². The van der Waals surface area contributed by atoms with Crippen LogP contribution in [0.1, 0.15) is 25.3 Å². The van der Waals surface area contributed by atoms with Gasteiger partial charge >= 0.3 is 0 Å². The van der Waals surface area contributed by atoms with Crippen LogP contribution in [0.2, 0.25) is 0 Å². The van der Waals surface area contributed by atoms with Crippen molar-refractivity contribution in [2.45, 2.75) is 26.3 Å². The first-order valence-corrected chi connectivity index (χ1v) is 12.4. The van der Waals surface area contributed by atoms with Crippen molar-refractivity contribution < 1.29 is 18.9 Å². The molecule has 0 spiro atoms. The van der Waals surface area contributed by atoms with Gasteiger partial charge in [0.25, 0.3) is 0 Å². The minimum absolute atomic E-state index is 0.575. The molecule has 0 bridgehead atoms. The van der Waals surface area contributed by atoms with Gasteiger partial charge in [-0.1, -0.05) is 12.1 Å². The maximum Gasteiger partial charge on any atom is 0.203 e. The number of para-hydroxylation sites is 1. The molecule has 2 heterocycles. The number of nitrogens with zero attached hydrogens (tertiary/aromatic N) is 3. The van der Waals surface area contributed by atoms with E-state index in [4.69, 9.17) is 23.9 Å². The highest BCUT2D eigenvalue weighted by Crippen LogP contribution is 2.40. The summed E-state index contributed by atoms with van der Waals surface area (Å²) in [7, 11) is 4.89. The molecular weight excluding hydrogens is 454 g/mol. The Bertz CT molecular complexity index is 1330. The van der Waals surface area contributed by atoms with E-state index >= 15 is 0 Å². The first-order valence-electron chi connectivity index (χ1n) is 12.4. The van der Waals surface area contributed by atoms with E-state index in [0.717, 1.165) is 46.8 Å². The van der Waals surface area contributed by atoms with Gasteiger partial charge in [0.05, 0.1) is 44.5 Å². The van der Waals surface area contributed by atoms with E-state index in [0.29, 0.717) is 30.4 Å². The van der Waals surface area contributed by atoms with Crippen LogP contribution >= 0.6 is 0 Å². The normalized spacial score (nSPS) is 13.3. The largest absolute Gasteiger partial charge is 0.493 e. The average Bonchev–Trinajstić information content (AvgIpc) is 3.57. The highest BCUT2D eigenvalue weighted by molar-refractivity contribution is 5.85. The number of anilines is 1. The fourth-order valence-corrected chi connectivity index (χ4v) is 5.00. The minimum atomic E-state index is 0.575. The summed E-state index contributed by atoms with van der Waals surface area (Å²) >= 11 is 0. The van der Waals surface area contributed by atoms with Crippen LogP contribution in [-0.2, 0) is 6.54 Å². The number of hydrogen-bond donors (Lipinski definition) is 0. The van der Waals surface area contributed by atoms with Crippen LogP contribution in [0.5, 0.6) is 23.0 Å². The molecule has 0 unspecified atom stereocenters. The Morgan fingerprint density at radius 2 is 1.56 bits per heavy atom. The summed E-state index contributed by atoms with van der Waals surface area (Å²) in [4.78, 5) is 7.58. The predicted octanol–water partition coefficient (Wildman–Crippen LogP) is 5.78. The first kappa shape index (κ1) is 23.9. The van der Waals surface area contributed by atoms with E-state index in [1.54, 1.807) is 21.3 Å². The molecule has 1 aliphatic rings. The molecule has 5 rings (SSSR count). The lowest BCUT2D eigenvalue weighted by Crippen LogP contribution is -2.17. The third-order valence-electron chi connectivity index (χ3n) is 6.70. The van der Waals surface area contributed by atoms with E-state index in [1.165, 1.54) is 18.5 Å². The van der Waals surface area contributed by atoms with E-state index in [-0.39, 0.29) is 0 Å². The number of benzene rings is 3. The Kier molecular flexibility index (Phi) is 6.89. The predicted molar refractivity (Wildman–Crippen MR) is 143 cm³/mol. The standard InChI is InChI=1S/C29H33N3O4/c1-5-36-25-11-7-6-10-22(25)29-30-23-18-21(31-14-8-9-15-31)12-13-24(23)32(29)19-20-16-26(33-2)28(35-4)27(17-20)34-3/h6-7,10-13,16-18H,5,8-9,14-15,19H2,1-4H3. The van der Waals surface area contributed by atoms with Gasteiger partial charge in [0.15, 0.2) is 11.5 Å². The van der Waals surface area contributed by atoms with Crippen LogP contribution in [0, 0.1) is 0 Å². The molecule has 7 heteroatoms. The molecule has 0 aliphatic carbocycles. The molecule has 1 aliphatic heterocycles. The van der Waals surface area contributed by atoms with Gasteiger partial charge < -0.3 is 28.4 Å². The summed E-state index contributed by atoms with van der Waals surface area (Å²) in [6.45, 7) is 5.35. The van der Waals surface area contributed by atoms with Gasteiger partial charge in [-0.15, -0.1) is 0 Å². The number of hydrogen-bond acceptors (Lipinski definition) is 6. The van der Waals surface area contributed by atoms with E-state index < -0.39 is 0 Å². The first-order chi connectivity index (χ1) is 17.7. The van der Waals surface area contributed by atoms with Crippen LogP contribution in [0.4, 0.5) is 5.69 Å². The van der Waals surface area contributed by atoms with Crippen molar-refractivity contribution >= 4 is 16.7 Å². The molecule has 0 saturated carbocycles. The van der Waals surface area contributed by atoms with Crippen LogP contribution < -0.4 is 23.8 Å². The quantitative estimate of drug-likeness (QED) is 0.298. The number of methoxy groups -OCH3 is 3. The highest BCUT2D eigenvalue weighted by atomic mass is 16.5. The Balaban J connectivity index is 1.67. The Morgan fingerprint density at radius 3 is 2.22 bits per heavy atom. The van der Waals surface area contributed by atoms with Gasteiger partial charge in [-0.05, 0) is 67.8 Å². The zero-order valence-electron chi connectivity index (χ0n) is 21.4. The molecule has 0 N–H and O–H groups in total. The maximum atomic E-state index is 5.98. The molecule has 0 radical (unpaired) electrons. The molecular formula is C29H33N3O4. The summed E-state index contributed by atoms with van der Waals surface area (Å²) in [5, 5.41) is 0. The molecule has 1 saturated heterocycles. The SMILES string of the molecule is CCOc1ccccc1-c1nc2cc(N3CCCC3)ccc2n1Cc1cc(OC)c(OC)c(OC)c1. The van der Waals surface area contributed by atoms with E-state index in [9.17, 15) is 0 Å². The monoisotopic (exact) mass is 487 g/mol. The summed E-state index contributed by atoms with van der Waals surface area (Å²) in [5.74, 6) is 3.52. The minimum Gasteiger partial charge on any atom is -0.493 e. The van der Waals surface area contributed by atoms with Crippen LogP contribution in [-0.4, -0.2) is 50.6 Å². The lowest BCUT2D eigenvalue weighted by atomic mass is 10.1. The van der Waals surface area contributed by atoms with Crippen LogP contribution in [0.15, 0.2) is 54.6 Å². The molecule has 3 aromatic carbocycles. The third-order valence-corrected chi connectivity index (χ3v) is 6.70. The van der Waals surface area contributed by atoms with E-state index in [2.05, 4.69) is 33.7 Å². The van der Waals surface area contributed by atoms with Crippen molar-refractivity contribution in [1.82, 2.24) is 9.55 Å². The summed E-state index contributed by atoms with van der Waals surface area (Å²) in [6.07, 6.45) is 2.47. The summed E-state index contributed by atoms with van der Waals surface area (Å²) in [5.41, 5.74) is 5.23. The number of fused-ring (bicyclic) bond motifs is 1. The van der Waals surface area contributed by atoms with Crippen molar-refractivity contribution in [3.05, 3.63) is 60.2 Å².